The maximum atomic E-state index is 12.9. The Hall–Kier alpha value is -2.37. The van der Waals surface area contributed by atoms with Crippen LogP contribution in [0.4, 0.5) is 0 Å². The molecule has 1 aliphatic rings. The van der Waals surface area contributed by atoms with Crippen molar-refractivity contribution in [2.45, 2.75) is 192 Å². The summed E-state index contributed by atoms with van der Waals surface area (Å²) in [5.41, 5.74) is 0. The lowest BCUT2D eigenvalue weighted by molar-refractivity contribution is -0.302. The summed E-state index contributed by atoms with van der Waals surface area (Å²) in [6.07, 6.45) is 39.5. The SMILES string of the molecule is CC/C=C\C/C=C\C/C=C\C/C=C\CCCCCCCCCCC(=O)NC(COC1OC(CO)C(O)C(O)C1O)C(O)/C=C/CC/C=C/CCCCCC. The lowest BCUT2D eigenvalue weighted by Crippen LogP contribution is -2.60. The number of allylic oxidation sites excluding steroid dienone is 11. The van der Waals surface area contributed by atoms with Crippen molar-refractivity contribution < 1.29 is 39.8 Å². The monoisotopic (exact) mass is 760 g/mol. The molecule has 0 aromatic heterocycles. The number of carbonyl (C=O) groups is 1. The second-order valence-electron chi connectivity index (χ2n) is 14.4. The Balaban J connectivity index is 2.36. The van der Waals surface area contributed by atoms with Crippen LogP contribution < -0.4 is 5.32 Å². The molecule has 310 valence electrons. The maximum absolute atomic E-state index is 12.9. The van der Waals surface area contributed by atoms with E-state index in [2.05, 4.69) is 79.9 Å². The first-order valence-electron chi connectivity index (χ1n) is 21.2. The molecule has 6 N–H and O–H groups in total. The third-order valence-electron chi connectivity index (χ3n) is 9.51. The fourth-order valence-electron chi connectivity index (χ4n) is 6.10. The average molecular weight is 760 g/mol. The number of aliphatic hydroxyl groups is 5. The molecule has 9 nitrogen and oxygen atoms in total. The highest BCUT2D eigenvalue weighted by Gasteiger charge is 2.44. The average Bonchev–Trinajstić information content (AvgIpc) is 3.17. The van der Waals surface area contributed by atoms with E-state index in [0.717, 1.165) is 77.0 Å². The van der Waals surface area contributed by atoms with Gasteiger partial charge in [-0.15, -0.1) is 0 Å². The topological polar surface area (TPSA) is 149 Å². The third kappa shape index (κ3) is 25.7. The Morgan fingerprint density at radius 1 is 0.648 bits per heavy atom. The van der Waals surface area contributed by atoms with Gasteiger partial charge in [-0.05, 0) is 70.6 Å². The van der Waals surface area contributed by atoms with Crippen LogP contribution in [0.25, 0.3) is 0 Å². The molecule has 1 rings (SSSR count). The van der Waals surface area contributed by atoms with Gasteiger partial charge in [0.05, 0.1) is 25.4 Å². The smallest absolute Gasteiger partial charge is 0.220 e. The van der Waals surface area contributed by atoms with Crippen LogP contribution in [0, 0.1) is 0 Å². The molecule has 1 amide bonds. The van der Waals surface area contributed by atoms with E-state index in [1.165, 1.54) is 51.4 Å². The van der Waals surface area contributed by atoms with Gasteiger partial charge in [-0.1, -0.05) is 145 Å². The standard InChI is InChI=1S/C45H77NO8/c1-3-5-7-9-11-13-15-16-17-18-19-20-21-22-23-24-25-27-29-31-33-35-41(49)46-38(37-53-45-44(52)43(51)42(50)40(36-47)54-45)39(48)34-32-30-28-26-14-12-10-8-6-4-2/h5,7,11,13-14,16-17,19-20,26,32,34,38-40,42-45,47-48,50-52H,3-4,6,8-10,12,15,18,21-25,27-31,33,35-37H2,1-2H3,(H,46,49)/b7-5-,13-11-,17-16-,20-19-,26-14+,34-32+. The summed E-state index contributed by atoms with van der Waals surface area (Å²) in [6.45, 7) is 3.57. The van der Waals surface area contributed by atoms with E-state index in [9.17, 15) is 30.3 Å². The van der Waals surface area contributed by atoms with Crippen LogP contribution in [-0.2, 0) is 14.3 Å². The molecule has 1 fully saturated rings. The Labute approximate surface area is 328 Å². The molecule has 1 aliphatic heterocycles. The number of carbonyl (C=O) groups excluding carboxylic acids is 1. The zero-order chi connectivity index (χ0) is 39.5. The summed E-state index contributed by atoms with van der Waals surface area (Å²) >= 11 is 0. The first-order valence-corrected chi connectivity index (χ1v) is 21.2. The predicted octanol–water partition coefficient (Wildman–Crippen LogP) is 8.22. The molecule has 0 bridgehead atoms. The summed E-state index contributed by atoms with van der Waals surface area (Å²) in [6, 6.07) is -0.827. The van der Waals surface area contributed by atoms with E-state index in [4.69, 9.17) is 9.47 Å². The molecule has 0 spiro atoms. The van der Waals surface area contributed by atoms with Gasteiger partial charge in [0.15, 0.2) is 6.29 Å². The van der Waals surface area contributed by atoms with Gasteiger partial charge < -0.3 is 40.3 Å². The molecule has 0 aliphatic carbocycles. The zero-order valence-electron chi connectivity index (χ0n) is 33.7. The van der Waals surface area contributed by atoms with E-state index >= 15 is 0 Å². The molecule has 0 aromatic rings. The molecule has 0 saturated carbocycles. The van der Waals surface area contributed by atoms with Crippen molar-refractivity contribution >= 4 is 5.91 Å². The van der Waals surface area contributed by atoms with E-state index in [0.29, 0.717) is 6.42 Å². The maximum Gasteiger partial charge on any atom is 0.220 e. The van der Waals surface area contributed by atoms with Crippen LogP contribution in [0.5, 0.6) is 0 Å². The molecule has 54 heavy (non-hydrogen) atoms. The predicted molar refractivity (Wildman–Crippen MR) is 221 cm³/mol. The van der Waals surface area contributed by atoms with Crippen LogP contribution in [0.1, 0.15) is 149 Å². The van der Waals surface area contributed by atoms with Crippen LogP contribution in [-0.4, -0.2) is 87.5 Å². The van der Waals surface area contributed by atoms with Gasteiger partial charge in [-0.3, -0.25) is 4.79 Å². The van der Waals surface area contributed by atoms with Gasteiger partial charge >= 0.3 is 0 Å². The van der Waals surface area contributed by atoms with E-state index in [1.807, 2.05) is 6.08 Å². The molecule has 0 radical (unpaired) electrons. The van der Waals surface area contributed by atoms with Crippen LogP contribution >= 0.6 is 0 Å². The first-order chi connectivity index (χ1) is 26.3. The van der Waals surface area contributed by atoms with Crippen molar-refractivity contribution in [3.8, 4) is 0 Å². The minimum atomic E-state index is -1.57. The van der Waals surface area contributed by atoms with Crippen molar-refractivity contribution in [1.82, 2.24) is 5.32 Å². The fourth-order valence-corrected chi connectivity index (χ4v) is 6.10. The summed E-state index contributed by atoms with van der Waals surface area (Å²) < 4.78 is 11.1. The zero-order valence-corrected chi connectivity index (χ0v) is 33.7. The number of amides is 1. The molecule has 1 saturated heterocycles. The Morgan fingerprint density at radius 3 is 1.78 bits per heavy atom. The summed E-state index contributed by atoms with van der Waals surface area (Å²) in [4.78, 5) is 12.9. The molecule has 7 unspecified atom stereocenters. The third-order valence-corrected chi connectivity index (χ3v) is 9.51. The highest BCUT2D eigenvalue weighted by molar-refractivity contribution is 5.76. The molecule has 7 atom stereocenters. The highest BCUT2D eigenvalue weighted by atomic mass is 16.7. The number of nitrogens with one attached hydrogen (secondary N) is 1. The normalized spacial score (nSPS) is 22.2. The lowest BCUT2D eigenvalue weighted by atomic mass is 9.99. The molecule has 0 aromatic carbocycles. The van der Waals surface area contributed by atoms with Gasteiger partial charge in [0, 0.05) is 6.42 Å². The van der Waals surface area contributed by atoms with Crippen molar-refractivity contribution in [2.24, 2.45) is 0 Å². The van der Waals surface area contributed by atoms with Gasteiger partial charge in [0.25, 0.3) is 0 Å². The van der Waals surface area contributed by atoms with Crippen molar-refractivity contribution in [3.05, 3.63) is 72.9 Å². The van der Waals surface area contributed by atoms with Gasteiger partial charge in [-0.2, -0.15) is 0 Å². The first kappa shape index (κ1) is 49.6. The van der Waals surface area contributed by atoms with Crippen molar-refractivity contribution in [2.75, 3.05) is 13.2 Å². The Bertz CT molecular complexity index is 1070. The molecule has 9 heteroatoms. The molecule has 1 heterocycles. The largest absolute Gasteiger partial charge is 0.394 e. The Kier molecular flexibility index (Phi) is 32.2. The van der Waals surface area contributed by atoms with Crippen molar-refractivity contribution in [1.29, 1.82) is 0 Å². The highest BCUT2D eigenvalue weighted by Crippen LogP contribution is 2.22. The quantitative estimate of drug-likeness (QED) is 0.0290. The molecular formula is C45H77NO8. The minimum absolute atomic E-state index is 0.202. The van der Waals surface area contributed by atoms with Crippen LogP contribution in [0.3, 0.4) is 0 Å². The van der Waals surface area contributed by atoms with Gasteiger partial charge in [0.2, 0.25) is 5.91 Å². The van der Waals surface area contributed by atoms with Crippen molar-refractivity contribution in [3.63, 3.8) is 0 Å². The summed E-state index contributed by atoms with van der Waals surface area (Å²) in [7, 11) is 0. The summed E-state index contributed by atoms with van der Waals surface area (Å²) in [5, 5.41) is 53.9. The number of hydrogen-bond acceptors (Lipinski definition) is 8. The number of rotatable bonds is 33. The fraction of sp³-hybridized carbons (Fsp3) is 0.711. The van der Waals surface area contributed by atoms with E-state index in [1.54, 1.807) is 6.08 Å². The number of unbranched alkanes of at least 4 members (excludes halogenated alkanes) is 13. The molecular weight excluding hydrogens is 682 g/mol. The summed E-state index contributed by atoms with van der Waals surface area (Å²) in [5.74, 6) is -0.202. The minimum Gasteiger partial charge on any atom is -0.394 e. The Morgan fingerprint density at radius 2 is 1.17 bits per heavy atom. The number of aliphatic hydroxyl groups excluding tert-OH is 5. The van der Waals surface area contributed by atoms with Gasteiger partial charge in [-0.25, -0.2) is 0 Å². The second-order valence-corrected chi connectivity index (χ2v) is 14.4. The van der Waals surface area contributed by atoms with E-state index in [-0.39, 0.29) is 12.5 Å². The lowest BCUT2D eigenvalue weighted by Gasteiger charge is -2.40. The number of ether oxygens (including phenoxy) is 2. The van der Waals surface area contributed by atoms with Gasteiger partial charge in [0.1, 0.15) is 24.4 Å². The van der Waals surface area contributed by atoms with Crippen LogP contribution in [0.2, 0.25) is 0 Å². The van der Waals surface area contributed by atoms with E-state index < -0.39 is 49.5 Å². The van der Waals surface area contributed by atoms with Crippen LogP contribution in [0.15, 0.2) is 72.9 Å². The second kappa shape index (κ2) is 35.1. The number of hydrogen-bond donors (Lipinski definition) is 6.